The van der Waals surface area contributed by atoms with Crippen LogP contribution in [-0.4, -0.2) is 70.1 Å². The van der Waals surface area contributed by atoms with Crippen molar-refractivity contribution in [1.82, 2.24) is 0 Å². The first-order valence-electron chi connectivity index (χ1n) is 13.1. The summed E-state index contributed by atoms with van der Waals surface area (Å²) in [6.45, 7) is 17.0. The highest BCUT2D eigenvalue weighted by molar-refractivity contribution is 6.74. The van der Waals surface area contributed by atoms with E-state index >= 15 is 0 Å². The van der Waals surface area contributed by atoms with E-state index < -0.39 is 56.9 Å². The minimum Gasteiger partial charge on any atom is -0.456 e. The summed E-state index contributed by atoms with van der Waals surface area (Å²) >= 11 is 0. The molecule has 36 heavy (non-hydrogen) atoms. The van der Waals surface area contributed by atoms with E-state index in [9.17, 15) is 14.4 Å². The van der Waals surface area contributed by atoms with Crippen LogP contribution in [0.5, 0.6) is 0 Å². The summed E-state index contributed by atoms with van der Waals surface area (Å²) in [6.07, 6.45) is 1.47. The van der Waals surface area contributed by atoms with Crippen LogP contribution in [0.15, 0.2) is 0 Å². The third-order valence-electron chi connectivity index (χ3n) is 6.69. The summed E-state index contributed by atoms with van der Waals surface area (Å²) < 4.78 is 35.2. The van der Waals surface area contributed by atoms with E-state index in [0.29, 0.717) is 6.61 Å². The lowest BCUT2D eigenvalue weighted by molar-refractivity contribution is -0.307. The Kier molecular flexibility index (Phi) is 13.6. The van der Waals surface area contributed by atoms with Crippen molar-refractivity contribution in [3.8, 4) is 0 Å². The van der Waals surface area contributed by atoms with E-state index in [1.807, 2.05) is 0 Å². The molecule has 210 valence electrons. The molecule has 0 bridgehead atoms. The van der Waals surface area contributed by atoms with Crippen molar-refractivity contribution in [2.24, 2.45) is 0 Å². The predicted octanol–water partition coefficient (Wildman–Crippen LogP) is 4.91. The first-order chi connectivity index (χ1) is 16.7. The van der Waals surface area contributed by atoms with Gasteiger partial charge in [-0.15, -0.1) is 0 Å². The van der Waals surface area contributed by atoms with Crippen LogP contribution in [0.2, 0.25) is 18.1 Å². The van der Waals surface area contributed by atoms with Crippen LogP contribution in [0.1, 0.15) is 87.0 Å². The quantitative estimate of drug-likeness (QED) is 0.133. The van der Waals surface area contributed by atoms with Gasteiger partial charge in [-0.05, 0) is 24.6 Å². The Hall–Kier alpha value is -1.49. The molecule has 5 atom stereocenters. The lowest BCUT2D eigenvalue weighted by Gasteiger charge is -2.45. The van der Waals surface area contributed by atoms with Crippen molar-refractivity contribution in [3.63, 3.8) is 0 Å². The van der Waals surface area contributed by atoms with Gasteiger partial charge in [0.15, 0.2) is 32.9 Å². The third-order valence-corrected chi connectivity index (χ3v) is 11.2. The van der Waals surface area contributed by atoms with Gasteiger partial charge in [-0.2, -0.15) is 0 Å². The van der Waals surface area contributed by atoms with E-state index in [1.165, 1.54) is 40.0 Å². The maximum atomic E-state index is 12.0. The predicted molar refractivity (Wildman–Crippen MR) is 138 cm³/mol. The highest BCUT2D eigenvalue weighted by Gasteiger charge is 2.53. The molecule has 1 rings (SSSR count). The Morgan fingerprint density at radius 2 is 1.28 bits per heavy atom. The number of ether oxygens (including phenoxy) is 5. The zero-order chi connectivity index (χ0) is 27.5. The van der Waals surface area contributed by atoms with Gasteiger partial charge in [-0.25, -0.2) is 0 Å². The Bertz CT molecular complexity index is 704. The van der Waals surface area contributed by atoms with E-state index in [4.69, 9.17) is 28.1 Å². The molecule has 1 heterocycles. The number of unbranched alkanes of at least 4 members (excludes halogenated alkanes) is 5. The minimum absolute atomic E-state index is 0.0537. The van der Waals surface area contributed by atoms with Crippen LogP contribution in [-0.2, 0) is 42.5 Å². The average Bonchev–Trinajstić information content (AvgIpc) is 2.73. The molecule has 1 saturated heterocycles. The van der Waals surface area contributed by atoms with Crippen molar-refractivity contribution in [2.75, 3.05) is 13.2 Å². The normalized spacial score (nSPS) is 24.8. The van der Waals surface area contributed by atoms with Gasteiger partial charge in [0.1, 0.15) is 6.10 Å². The summed E-state index contributed by atoms with van der Waals surface area (Å²) in [7, 11) is -2.18. The van der Waals surface area contributed by atoms with Gasteiger partial charge in [0.2, 0.25) is 0 Å². The molecule has 0 radical (unpaired) electrons. The third kappa shape index (κ3) is 10.9. The summed E-state index contributed by atoms with van der Waals surface area (Å²) in [4.78, 5) is 35.9. The second-order valence-corrected chi connectivity index (χ2v) is 15.8. The summed E-state index contributed by atoms with van der Waals surface area (Å²) in [5.41, 5.74) is 0. The van der Waals surface area contributed by atoms with E-state index in [2.05, 4.69) is 40.8 Å². The molecular formula is C26H48O9Si. The monoisotopic (exact) mass is 532 g/mol. The van der Waals surface area contributed by atoms with Crippen LogP contribution in [0.3, 0.4) is 0 Å². The van der Waals surface area contributed by atoms with Crippen LogP contribution < -0.4 is 0 Å². The Morgan fingerprint density at radius 3 is 1.81 bits per heavy atom. The standard InChI is InChI=1S/C26H48O9Si/c1-10-11-12-13-14-15-16-30-25-24(34-20(4)29)23(33-19(3)28)22(32-18(2)27)21(35-25)17-31-36(8,9)26(5,6)7/h21-25H,10-17H2,1-9H3/t21-,22+,23+,24-,25?/m1/s1. The molecule has 0 aromatic heterocycles. The van der Waals surface area contributed by atoms with Crippen LogP contribution in [0.4, 0.5) is 0 Å². The first kappa shape index (κ1) is 32.5. The summed E-state index contributed by atoms with van der Waals surface area (Å²) in [5.74, 6) is -1.77. The van der Waals surface area contributed by atoms with Crippen molar-refractivity contribution >= 4 is 26.2 Å². The number of carbonyl (C=O) groups is 3. The van der Waals surface area contributed by atoms with Crippen molar-refractivity contribution in [3.05, 3.63) is 0 Å². The number of hydrogen-bond donors (Lipinski definition) is 0. The molecule has 0 aromatic carbocycles. The number of carbonyl (C=O) groups excluding carboxylic acids is 3. The molecule has 1 aliphatic rings. The molecule has 0 amide bonds. The summed E-state index contributed by atoms with van der Waals surface area (Å²) in [6, 6.07) is 0. The lowest BCUT2D eigenvalue weighted by Crippen LogP contribution is -2.63. The Labute approximate surface area is 218 Å². The number of hydrogen-bond acceptors (Lipinski definition) is 9. The zero-order valence-corrected chi connectivity index (χ0v) is 24.7. The molecule has 1 aliphatic heterocycles. The fraction of sp³-hybridized carbons (Fsp3) is 0.885. The molecule has 0 spiro atoms. The molecule has 1 fully saturated rings. The van der Waals surface area contributed by atoms with Crippen LogP contribution in [0, 0.1) is 0 Å². The SMILES string of the molecule is CCCCCCCCOC1O[C@H](CO[Si](C)(C)C(C)(C)C)[C@H](OC(C)=O)[C@H](OC(C)=O)[C@H]1OC(C)=O. The molecule has 0 N–H and O–H groups in total. The van der Waals surface area contributed by atoms with Crippen LogP contribution >= 0.6 is 0 Å². The Morgan fingerprint density at radius 1 is 0.778 bits per heavy atom. The van der Waals surface area contributed by atoms with Crippen molar-refractivity contribution in [1.29, 1.82) is 0 Å². The smallest absolute Gasteiger partial charge is 0.303 e. The molecule has 10 heteroatoms. The highest BCUT2D eigenvalue weighted by Crippen LogP contribution is 2.38. The maximum absolute atomic E-state index is 12.0. The van der Waals surface area contributed by atoms with Crippen molar-refractivity contribution < 1.29 is 42.5 Å². The zero-order valence-electron chi connectivity index (χ0n) is 23.7. The fourth-order valence-corrected chi connectivity index (χ4v) is 4.73. The molecule has 1 unspecified atom stereocenters. The minimum atomic E-state index is -2.18. The average molecular weight is 533 g/mol. The van der Waals surface area contributed by atoms with Gasteiger partial charge < -0.3 is 28.1 Å². The van der Waals surface area contributed by atoms with Gasteiger partial charge in [0, 0.05) is 27.4 Å². The molecule has 0 aliphatic carbocycles. The van der Waals surface area contributed by atoms with Crippen molar-refractivity contribution in [2.45, 2.75) is 136 Å². The lowest BCUT2D eigenvalue weighted by atomic mass is 9.98. The highest BCUT2D eigenvalue weighted by atomic mass is 28.4. The second kappa shape index (κ2) is 15.0. The number of rotatable bonds is 14. The fourth-order valence-electron chi connectivity index (χ4n) is 3.71. The second-order valence-electron chi connectivity index (χ2n) is 11.0. The molecule has 9 nitrogen and oxygen atoms in total. The largest absolute Gasteiger partial charge is 0.456 e. The van der Waals surface area contributed by atoms with Crippen LogP contribution in [0.25, 0.3) is 0 Å². The van der Waals surface area contributed by atoms with Gasteiger partial charge in [0.05, 0.1) is 6.61 Å². The van der Waals surface area contributed by atoms with Gasteiger partial charge >= 0.3 is 17.9 Å². The Balaban J connectivity index is 3.15. The number of esters is 3. The van der Waals surface area contributed by atoms with E-state index in [-0.39, 0.29) is 11.6 Å². The maximum Gasteiger partial charge on any atom is 0.303 e. The molecule has 0 aromatic rings. The van der Waals surface area contributed by atoms with Gasteiger partial charge in [0.25, 0.3) is 0 Å². The van der Waals surface area contributed by atoms with Gasteiger partial charge in [-0.1, -0.05) is 59.8 Å². The van der Waals surface area contributed by atoms with E-state index in [0.717, 1.165) is 19.3 Å². The van der Waals surface area contributed by atoms with Gasteiger partial charge in [-0.3, -0.25) is 14.4 Å². The van der Waals surface area contributed by atoms with E-state index in [1.54, 1.807) is 0 Å². The first-order valence-corrected chi connectivity index (χ1v) is 16.0. The summed E-state index contributed by atoms with van der Waals surface area (Å²) in [5, 5.41) is -0.0537. The molecule has 0 saturated carbocycles. The molecular weight excluding hydrogens is 484 g/mol. The topological polar surface area (TPSA) is 107 Å².